The molecule has 0 aliphatic rings. The molecule has 0 saturated heterocycles. The van der Waals surface area contributed by atoms with Crippen LogP contribution < -0.4 is 10.1 Å². The van der Waals surface area contributed by atoms with Gasteiger partial charge in [0.1, 0.15) is 17.8 Å². The summed E-state index contributed by atoms with van der Waals surface area (Å²) >= 11 is 3.20. The van der Waals surface area contributed by atoms with Crippen molar-refractivity contribution in [1.29, 1.82) is 0 Å². The molecule has 90 valence electrons. The molecule has 0 atom stereocenters. The lowest BCUT2D eigenvalue weighted by molar-refractivity contribution is 0.329. The fourth-order valence-corrected chi connectivity index (χ4v) is 1.68. The first kappa shape index (κ1) is 12.1. The molecule has 1 heterocycles. The number of oxazole rings is 1. The van der Waals surface area contributed by atoms with E-state index in [9.17, 15) is 4.39 Å². The number of nitrogens with one attached hydrogen (secondary N) is 1. The van der Waals surface area contributed by atoms with Crippen molar-refractivity contribution in [2.24, 2.45) is 0 Å². The van der Waals surface area contributed by atoms with Gasteiger partial charge in [-0.05, 0) is 41.2 Å². The van der Waals surface area contributed by atoms with E-state index >= 15 is 0 Å². The summed E-state index contributed by atoms with van der Waals surface area (Å²) in [6.07, 6.45) is 1.63. The summed E-state index contributed by atoms with van der Waals surface area (Å²) in [5.74, 6) is 0.108. The molecule has 2 aromatic rings. The summed E-state index contributed by atoms with van der Waals surface area (Å²) in [4.78, 5) is 4.09. The first-order chi connectivity index (χ1) is 8.19. The zero-order valence-electron chi connectivity index (χ0n) is 9.04. The Morgan fingerprint density at radius 1 is 1.53 bits per heavy atom. The van der Waals surface area contributed by atoms with Gasteiger partial charge in [0.05, 0.1) is 10.2 Å². The van der Waals surface area contributed by atoms with Gasteiger partial charge in [-0.25, -0.2) is 4.39 Å². The Morgan fingerprint density at radius 2 is 2.35 bits per heavy atom. The first-order valence-corrected chi connectivity index (χ1v) is 5.70. The van der Waals surface area contributed by atoms with Gasteiger partial charge >= 0.3 is 6.08 Å². The summed E-state index contributed by atoms with van der Waals surface area (Å²) < 4.78 is 23.9. The van der Waals surface area contributed by atoms with Crippen molar-refractivity contribution in [3.05, 3.63) is 40.4 Å². The van der Waals surface area contributed by atoms with E-state index in [2.05, 4.69) is 26.2 Å². The minimum Gasteiger partial charge on any atom is -0.417 e. The molecule has 0 unspecified atom stereocenters. The van der Waals surface area contributed by atoms with Gasteiger partial charge in [0.2, 0.25) is 0 Å². The minimum atomic E-state index is -0.340. The molecule has 0 aliphatic heterocycles. The molecule has 2 rings (SSSR count). The molecule has 6 heteroatoms. The third-order valence-electron chi connectivity index (χ3n) is 1.98. The number of nitrogens with zero attached hydrogens (tertiary/aromatic N) is 1. The molecule has 0 radical (unpaired) electrons. The van der Waals surface area contributed by atoms with Gasteiger partial charge in [0.25, 0.3) is 0 Å². The Labute approximate surface area is 106 Å². The molecule has 1 aromatic heterocycles. The number of hydrogen-bond donors (Lipinski definition) is 1. The summed E-state index contributed by atoms with van der Waals surface area (Å²) in [6.45, 7) is 0.595. The second-order valence-corrected chi connectivity index (χ2v) is 4.17. The van der Waals surface area contributed by atoms with Crippen LogP contribution in [-0.2, 0) is 6.54 Å². The molecule has 1 N–H and O–H groups in total. The summed E-state index contributed by atoms with van der Waals surface area (Å²) in [5.41, 5.74) is 0.737. The standard InChI is InChI=1S/C11H10BrFN2O2/c1-14-5-8-6-16-11(15-8)17-10-3-2-7(13)4-9(10)12/h2-4,6,14H,5H2,1H3. The number of benzene rings is 1. The first-order valence-electron chi connectivity index (χ1n) is 4.91. The Balaban J connectivity index is 2.13. The van der Waals surface area contributed by atoms with E-state index in [1.54, 1.807) is 0 Å². The zero-order chi connectivity index (χ0) is 12.3. The zero-order valence-corrected chi connectivity index (χ0v) is 10.6. The predicted octanol–water partition coefficient (Wildman–Crippen LogP) is 3.09. The van der Waals surface area contributed by atoms with Crippen LogP contribution in [0.2, 0.25) is 0 Å². The van der Waals surface area contributed by atoms with E-state index < -0.39 is 0 Å². The van der Waals surface area contributed by atoms with E-state index in [-0.39, 0.29) is 11.9 Å². The number of hydrogen-bond acceptors (Lipinski definition) is 4. The van der Waals surface area contributed by atoms with Gasteiger partial charge in [-0.2, -0.15) is 4.98 Å². The monoisotopic (exact) mass is 300 g/mol. The largest absolute Gasteiger partial charge is 0.417 e. The predicted molar refractivity (Wildman–Crippen MR) is 63.4 cm³/mol. The summed E-state index contributed by atoms with van der Waals surface area (Å²) in [7, 11) is 1.81. The number of ether oxygens (including phenoxy) is 1. The van der Waals surface area contributed by atoms with Crippen molar-refractivity contribution in [2.45, 2.75) is 6.54 Å². The van der Waals surface area contributed by atoms with Gasteiger partial charge in [-0.1, -0.05) is 0 Å². The van der Waals surface area contributed by atoms with E-state index in [1.807, 2.05) is 7.05 Å². The molecule has 0 spiro atoms. The van der Waals surface area contributed by atoms with Gasteiger partial charge in [0, 0.05) is 6.54 Å². The lowest BCUT2D eigenvalue weighted by Crippen LogP contribution is -2.04. The minimum absolute atomic E-state index is 0.127. The van der Waals surface area contributed by atoms with Crippen molar-refractivity contribution in [2.75, 3.05) is 7.05 Å². The molecular weight excluding hydrogens is 291 g/mol. The second kappa shape index (κ2) is 5.29. The highest BCUT2D eigenvalue weighted by Gasteiger charge is 2.09. The van der Waals surface area contributed by atoms with Crippen molar-refractivity contribution in [3.63, 3.8) is 0 Å². The Hall–Kier alpha value is -1.40. The van der Waals surface area contributed by atoms with Crippen LogP contribution in [0.25, 0.3) is 0 Å². The Morgan fingerprint density at radius 3 is 3.06 bits per heavy atom. The van der Waals surface area contributed by atoms with Crippen molar-refractivity contribution in [3.8, 4) is 11.8 Å². The van der Waals surface area contributed by atoms with Gasteiger partial charge in [-0.3, -0.25) is 0 Å². The lowest BCUT2D eigenvalue weighted by Gasteiger charge is -2.02. The fourth-order valence-electron chi connectivity index (χ4n) is 1.25. The van der Waals surface area contributed by atoms with Gasteiger partial charge in [-0.15, -0.1) is 0 Å². The molecule has 0 amide bonds. The fraction of sp³-hybridized carbons (Fsp3) is 0.182. The Bertz CT molecular complexity index is 516. The highest BCUT2D eigenvalue weighted by atomic mass is 79.9. The Kier molecular flexibility index (Phi) is 3.75. The van der Waals surface area contributed by atoms with Gasteiger partial charge < -0.3 is 14.5 Å². The van der Waals surface area contributed by atoms with Crippen molar-refractivity contribution in [1.82, 2.24) is 10.3 Å². The van der Waals surface area contributed by atoms with Crippen LogP contribution in [0.3, 0.4) is 0 Å². The number of halogens is 2. The highest BCUT2D eigenvalue weighted by molar-refractivity contribution is 9.10. The molecular formula is C11H10BrFN2O2. The lowest BCUT2D eigenvalue weighted by atomic mass is 10.3. The molecule has 17 heavy (non-hydrogen) atoms. The molecule has 1 aromatic carbocycles. The average molecular weight is 301 g/mol. The van der Waals surface area contributed by atoms with Crippen LogP contribution in [0.5, 0.6) is 11.8 Å². The maximum atomic E-state index is 12.9. The smallest absolute Gasteiger partial charge is 0.399 e. The normalized spacial score (nSPS) is 10.5. The van der Waals surface area contributed by atoms with Crippen LogP contribution in [0.1, 0.15) is 5.69 Å². The molecule has 0 fully saturated rings. The van der Waals surface area contributed by atoms with E-state index in [0.29, 0.717) is 16.8 Å². The van der Waals surface area contributed by atoms with Crippen molar-refractivity contribution >= 4 is 15.9 Å². The van der Waals surface area contributed by atoms with E-state index in [0.717, 1.165) is 5.69 Å². The summed E-state index contributed by atoms with van der Waals surface area (Å²) in [6, 6.07) is 4.12. The van der Waals surface area contributed by atoms with E-state index in [4.69, 9.17) is 9.15 Å². The SMILES string of the molecule is CNCc1coc(Oc2ccc(F)cc2Br)n1. The van der Waals surface area contributed by atoms with Crippen LogP contribution in [0.15, 0.2) is 33.4 Å². The quantitative estimate of drug-likeness (QED) is 0.942. The van der Waals surface area contributed by atoms with Crippen LogP contribution in [-0.4, -0.2) is 12.0 Å². The van der Waals surface area contributed by atoms with Crippen LogP contribution >= 0.6 is 15.9 Å². The molecule has 0 saturated carbocycles. The van der Waals surface area contributed by atoms with Crippen molar-refractivity contribution < 1.29 is 13.5 Å². The molecule has 0 bridgehead atoms. The summed E-state index contributed by atoms with van der Waals surface area (Å²) in [5, 5.41) is 2.94. The maximum Gasteiger partial charge on any atom is 0.399 e. The molecule has 4 nitrogen and oxygen atoms in total. The number of aromatic nitrogens is 1. The molecule has 0 aliphatic carbocycles. The third-order valence-corrected chi connectivity index (χ3v) is 2.60. The van der Waals surface area contributed by atoms with Gasteiger partial charge in [0.15, 0.2) is 0 Å². The average Bonchev–Trinajstić information content (AvgIpc) is 2.71. The highest BCUT2D eigenvalue weighted by Crippen LogP contribution is 2.29. The second-order valence-electron chi connectivity index (χ2n) is 3.31. The van der Waals surface area contributed by atoms with Crippen LogP contribution in [0, 0.1) is 5.82 Å². The number of rotatable bonds is 4. The third kappa shape index (κ3) is 3.04. The van der Waals surface area contributed by atoms with Crippen LogP contribution in [0.4, 0.5) is 4.39 Å². The maximum absolute atomic E-state index is 12.9. The van der Waals surface area contributed by atoms with E-state index in [1.165, 1.54) is 24.5 Å². The topological polar surface area (TPSA) is 47.3 Å².